The lowest BCUT2D eigenvalue weighted by molar-refractivity contribution is -0.131. The molecule has 0 bridgehead atoms. The first kappa shape index (κ1) is 15.9. The fraction of sp³-hybridized carbons (Fsp3) is 0.500. The van der Waals surface area contributed by atoms with Gasteiger partial charge in [0.15, 0.2) is 0 Å². The smallest absolute Gasteiger partial charge is 0.347 e. The van der Waals surface area contributed by atoms with Crippen LogP contribution >= 0.6 is 11.3 Å². The number of nitrogens with one attached hydrogen (secondary N) is 1. The highest BCUT2D eigenvalue weighted by molar-refractivity contribution is 7.89. The standard InChI is InChI=1S/C12H16N2O5S2/c1-8(11(15)14-5-2-3-6-14)13-21(18,19)9-4-7-20-10(9)12(16)17/h4,7-8,13H,2-3,5-6H2,1H3,(H,16,17). The van der Waals surface area contributed by atoms with Crippen molar-refractivity contribution in [3.63, 3.8) is 0 Å². The first-order valence-electron chi connectivity index (χ1n) is 6.45. The monoisotopic (exact) mass is 332 g/mol. The molecule has 0 aliphatic carbocycles. The van der Waals surface area contributed by atoms with Crippen LogP contribution < -0.4 is 4.72 Å². The highest BCUT2D eigenvalue weighted by Crippen LogP contribution is 2.22. The first-order chi connectivity index (χ1) is 9.83. The van der Waals surface area contributed by atoms with E-state index >= 15 is 0 Å². The quantitative estimate of drug-likeness (QED) is 0.827. The van der Waals surface area contributed by atoms with Gasteiger partial charge in [-0.15, -0.1) is 11.3 Å². The van der Waals surface area contributed by atoms with Crippen LogP contribution in [-0.4, -0.2) is 49.4 Å². The van der Waals surface area contributed by atoms with Crippen molar-refractivity contribution in [2.45, 2.75) is 30.7 Å². The number of nitrogens with zero attached hydrogens (tertiary/aromatic N) is 1. The first-order valence-corrected chi connectivity index (χ1v) is 8.81. The second-order valence-electron chi connectivity index (χ2n) is 4.79. The van der Waals surface area contributed by atoms with Gasteiger partial charge in [-0.1, -0.05) is 0 Å². The average Bonchev–Trinajstić information content (AvgIpc) is 3.08. The zero-order chi connectivity index (χ0) is 15.6. The van der Waals surface area contributed by atoms with Crippen LogP contribution in [0.5, 0.6) is 0 Å². The molecule has 1 aromatic heterocycles. The Hall–Kier alpha value is -1.45. The van der Waals surface area contributed by atoms with Gasteiger partial charge >= 0.3 is 5.97 Å². The molecule has 7 nitrogen and oxygen atoms in total. The summed E-state index contributed by atoms with van der Waals surface area (Å²) in [6.45, 7) is 2.72. The number of carboxylic acids is 1. The van der Waals surface area contributed by atoms with Crippen molar-refractivity contribution in [2.24, 2.45) is 0 Å². The normalized spacial score (nSPS) is 16.9. The lowest BCUT2D eigenvalue weighted by Gasteiger charge is -2.21. The van der Waals surface area contributed by atoms with E-state index in [9.17, 15) is 18.0 Å². The Kier molecular flexibility index (Phi) is 4.64. The second kappa shape index (κ2) is 6.12. The summed E-state index contributed by atoms with van der Waals surface area (Å²) in [6, 6.07) is 0.304. The molecule has 0 radical (unpaired) electrons. The largest absolute Gasteiger partial charge is 0.477 e. The molecule has 0 spiro atoms. The van der Waals surface area contributed by atoms with Crippen LogP contribution in [0.2, 0.25) is 0 Å². The maximum Gasteiger partial charge on any atom is 0.347 e. The highest BCUT2D eigenvalue weighted by atomic mass is 32.2. The van der Waals surface area contributed by atoms with E-state index in [0.717, 1.165) is 24.2 Å². The Balaban J connectivity index is 2.15. The molecule has 1 amide bonds. The van der Waals surface area contributed by atoms with Gasteiger partial charge in [-0.05, 0) is 31.2 Å². The van der Waals surface area contributed by atoms with Crippen molar-refractivity contribution in [2.75, 3.05) is 13.1 Å². The summed E-state index contributed by atoms with van der Waals surface area (Å²) in [5.41, 5.74) is 0. The summed E-state index contributed by atoms with van der Waals surface area (Å²) in [7, 11) is -4.03. The van der Waals surface area contributed by atoms with Gasteiger partial charge in [0.1, 0.15) is 9.77 Å². The molecule has 1 aliphatic heterocycles. The van der Waals surface area contributed by atoms with Crippen molar-refractivity contribution in [3.05, 3.63) is 16.3 Å². The van der Waals surface area contributed by atoms with Crippen LogP contribution in [0, 0.1) is 0 Å². The van der Waals surface area contributed by atoms with Gasteiger partial charge in [-0.3, -0.25) is 4.79 Å². The highest BCUT2D eigenvalue weighted by Gasteiger charge is 2.30. The number of carbonyl (C=O) groups is 2. The fourth-order valence-corrected chi connectivity index (χ4v) is 4.68. The van der Waals surface area contributed by atoms with Crippen molar-refractivity contribution in [1.29, 1.82) is 0 Å². The van der Waals surface area contributed by atoms with E-state index in [1.54, 1.807) is 4.90 Å². The summed E-state index contributed by atoms with van der Waals surface area (Å²) in [5.74, 6) is -1.59. The molecule has 2 rings (SSSR count). The van der Waals surface area contributed by atoms with Gasteiger partial charge in [0.05, 0.1) is 6.04 Å². The van der Waals surface area contributed by atoms with Crippen LogP contribution in [0.15, 0.2) is 16.3 Å². The summed E-state index contributed by atoms with van der Waals surface area (Å²) in [6.07, 6.45) is 1.83. The van der Waals surface area contributed by atoms with E-state index in [4.69, 9.17) is 5.11 Å². The Morgan fingerprint density at radius 2 is 2.00 bits per heavy atom. The van der Waals surface area contributed by atoms with E-state index in [0.29, 0.717) is 13.1 Å². The Bertz CT molecular complexity index is 646. The third kappa shape index (κ3) is 3.42. The van der Waals surface area contributed by atoms with Gasteiger partial charge < -0.3 is 10.0 Å². The molecule has 1 atom stereocenters. The molecule has 1 aromatic rings. The number of hydrogen-bond donors (Lipinski definition) is 2. The zero-order valence-corrected chi connectivity index (χ0v) is 13.0. The molecule has 9 heteroatoms. The van der Waals surface area contributed by atoms with E-state index < -0.39 is 22.0 Å². The van der Waals surface area contributed by atoms with Gasteiger partial charge in [0.25, 0.3) is 0 Å². The van der Waals surface area contributed by atoms with Crippen LogP contribution in [0.25, 0.3) is 0 Å². The van der Waals surface area contributed by atoms with Crippen LogP contribution in [0.1, 0.15) is 29.4 Å². The van der Waals surface area contributed by atoms with E-state index in [2.05, 4.69) is 4.72 Å². The van der Waals surface area contributed by atoms with Crippen LogP contribution in [0.3, 0.4) is 0 Å². The predicted octanol–water partition coefficient (Wildman–Crippen LogP) is 0.736. The molecule has 0 aromatic carbocycles. The molecule has 1 fully saturated rings. The van der Waals surface area contributed by atoms with Gasteiger partial charge in [-0.25, -0.2) is 13.2 Å². The van der Waals surface area contributed by atoms with Crippen molar-refractivity contribution in [1.82, 2.24) is 9.62 Å². The Morgan fingerprint density at radius 3 is 2.57 bits per heavy atom. The number of carbonyl (C=O) groups excluding carboxylic acids is 1. The number of sulfonamides is 1. The van der Waals surface area contributed by atoms with Gasteiger partial charge in [-0.2, -0.15) is 4.72 Å². The minimum atomic E-state index is -4.03. The van der Waals surface area contributed by atoms with E-state index in [1.165, 1.54) is 18.4 Å². The second-order valence-corrected chi connectivity index (χ2v) is 7.39. The van der Waals surface area contributed by atoms with Gasteiger partial charge in [0, 0.05) is 13.1 Å². The molecule has 1 unspecified atom stereocenters. The molecular formula is C12H16N2O5S2. The number of amides is 1. The number of likely N-dealkylation sites (tertiary alicyclic amines) is 1. The third-order valence-corrected chi connectivity index (χ3v) is 5.85. The average molecular weight is 332 g/mol. The number of rotatable bonds is 5. The number of aromatic carboxylic acids is 1. The predicted molar refractivity (Wildman–Crippen MR) is 76.9 cm³/mol. The summed E-state index contributed by atoms with van der Waals surface area (Å²) < 4.78 is 26.7. The van der Waals surface area contributed by atoms with Crippen molar-refractivity contribution >= 4 is 33.2 Å². The lowest BCUT2D eigenvalue weighted by Crippen LogP contribution is -2.45. The zero-order valence-electron chi connectivity index (χ0n) is 11.4. The maximum atomic E-state index is 12.2. The summed E-state index contributed by atoms with van der Waals surface area (Å²) in [5, 5.41) is 10.4. The number of carboxylic acid groups (broad SMARTS) is 1. The SMILES string of the molecule is CC(NS(=O)(=O)c1ccsc1C(=O)O)C(=O)N1CCCC1. The maximum absolute atomic E-state index is 12.2. The molecule has 21 heavy (non-hydrogen) atoms. The van der Waals surface area contributed by atoms with Crippen molar-refractivity contribution in [3.8, 4) is 0 Å². The number of thiophene rings is 1. The molecule has 116 valence electrons. The van der Waals surface area contributed by atoms with Crippen molar-refractivity contribution < 1.29 is 23.1 Å². The third-order valence-electron chi connectivity index (χ3n) is 3.23. The molecule has 2 N–H and O–H groups in total. The minimum Gasteiger partial charge on any atom is -0.477 e. The molecule has 1 aliphatic rings. The molecular weight excluding hydrogens is 316 g/mol. The topological polar surface area (TPSA) is 104 Å². The molecule has 0 saturated carbocycles. The molecule has 1 saturated heterocycles. The Morgan fingerprint density at radius 1 is 1.38 bits per heavy atom. The summed E-state index contributed by atoms with van der Waals surface area (Å²) in [4.78, 5) is 24.1. The van der Waals surface area contributed by atoms with E-state index in [1.807, 2.05) is 0 Å². The number of hydrogen-bond acceptors (Lipinski definition) is 5. The Labute approximate surface area is 126 Å². The van der Waals surface area contributed by atoms with Crippen LogP contribution in [0.4, 0.5) is 0 Å². The lowest BCUT2D eigenvalue weighted by atomic mass is 10.3. The minimum absolute atomic E-state index is 0.261. The summed E-state index contributed by atoms with van der Waals surface area (Å²) >= 11 is 0.831. The van der Waals surface area contributed by atoms with Gasteiger partial charge in [0.2, 0.25) is 15.9 Å². The fourth-order valence-electron chi connectivity index (χ4n) is 2.22. The van der Waals surface area contributed by atoms with E-state index in [-0.39, 0.29) is 15.7 Å². The molecule has 2 heterocycles. The van der Waals surface area contributed by atoms with Crippen LogP contribution in [-0.2, 0) is 14.8 Å².